The van der Waals surface area contributed by atoms with Gasteiger partial charge in [-0.1, -0.05) is 38.4 Å². The van der Waals surface area contributed by atoms with Crippen molar-refractivity contribution >= 4 is 40.8 Å². The van der Waals surface area contributed by atoms with Gasteiger partial charge in [0, 0.05) is 41.1 Å². The molecule has 32 heavy (non-hydrogen) atoms. The number of ether oxygens (including phenoxy) is 1. The zero-order valence-electron chi connectivity index (χ0n) is 18.6. The number of Topliss-reactive ketones (excluding diaryl/α,β-unsaturated/α-hetero) is 1. The van der Waals surface area contributed by atoms with Gasteiger partial charge in [0.05, 0.1) is 10.5 Å². The Morgan fingerprint density at radius 1 is 1.38 bits per heavy atom. The number of esters is 1. The summed E-state index contributed by atoms with van der Waals surface area (Å²) < 4.78 is 5.51. The van der Waals surface area contributed by atoms with Gasteiger partial charge in [0.1, 0.15) is 11.6 Å². The molecule has 2 aliphatic rings. The van der Waals surface area contributed by atoms with Crippen LogP contribution in [-0.2, 0) is 14.3 Å². The highest BCUT2D eigenvalue weighted by atomic mass is 35.5. The van der Waals surface area contributed by atoms with Gasteiger partial charge in [0.2, 0.25) is 0 Å². The molecule has 172 valence electrons. The Morgan fingerprint density at radius 3 is 2.75 bits per heavy atom. The third kappa shape index (κ3) is 5.02. The third-order valence-electron chi connectivity index (χ3n) is 5.62. The molecule has 0 saturated carbocycles. The second-order valence-electron chi connectivity index (χ2n) is 8.73. The van der Waals surface area contributed by atoms with Gasteiger partial charge < -0.3 is 10.1 Å². The van der Waals surface area contributed by atoms with Crippen LogP contribution in [0.15, 0.2) is 40.7 Å². The molecule has 0 fully saturated rings. The van der Waals surface area contributed by atoms with Crippen molar-refractivity contribution in [1.82, 2.24) is 5.32 Å². The smallest absolute Gasteiger partial charge is 0.336 e. The number of nitro benzene ring substituents is 1. The SMILES string of the molecule is CCSCCOC(=O)C1=C(C)NC2=C(C(=O)CC(C)(C)C2)[C@@H]1c1ccc(Cl)c([N+](=O)[O-])c1. The Kier molecular flexibility index (Phi) is 7.35. The Balaban J connectivity index is 2.11. The summed E-state index contributed by atoms with van der Waals surface area (Å²) in [5.41, 5.74) is 2.09. The Bertz CT molecular complexity index is 1030. The second-order valence-corrected chi connectivity index (χ2v) is 10.5. The number of benzene rings is 1. The predicted octanol–water partition coefficient (Wildman–Crippen LogP) is 5.15. The number of thioether (sulfide) groups is 1. The minimum Gasteiger partial charge on any atom is -0.461 e. The van der Waals surface area contributed by atoms with Gasteiger partial charge in [-0.25, -0.2) is 4.79 Å². The van der Waals surface area contributed by atoms with Crippen molar-refractivity contribution in [2.75, 3.05) is 18.1 Å². The fourth-order valence-corrected chi connectivity index (χ4v) is 4.98. The zero-order chi connectivity index (χ0) is 23.6. The summed E-state index contributed by atoms with van der Waals surface area (Å²) in [5.74, 6) is 0.222. The van der Waals surface area contributed by atoms with Crippen molar-refractivity contribution < 1.29 is 19.2 Å². The van der Waals surface area contributed by atoms with Gasteiger partial charge in [0.15, 0.2) is 5.78 Å². The molecule has 1 aliphatic heterocycles. The number of carbonyl (C=O) groups excluding carboxylic acids is 2. The number of halogens is 1. The number of dihydropyridines is 1. The van der Waals surface area contributed by atoms with E-state index >= 15 is 0 Å². The van der Waals surface area contributed by atoms with Crippen LogP contribution < -0.4 is 5.32 Å². The highest BCUT2D eigenvalue weighted by Gasteiger charge is 2.43. The molecule has 0 aromatic heterocycles. The van der Waals surface area contributed by atoms with E-state index in [2.05, 4.69) is 5.32 Å². The molecule has 0 radical (unpaired) electrons. The predicted molar refractivity (Wildman–Crippen MR) is 126 cm³/mol. The zero-order valence-corrected chi connectivity index (χ0v) is 20.2. The summed E-state index contributed by atoms with van der Waals surface area (Å²) in [6.07, 6.45) is 0.960. The van der Waals surface area contributed by atoms with E-state index in [1.54, 1.807) is 24.8 Å². The summed E-state index contributed by atoms with van der Waals surface area (Å²) in [7, 11) is 0. The van der Waals surface area contributed by atoms with Crippen molar-refractivity contribution in [3.05, 3.63) is 61.4 Å². The van der Waals surface area contributed by atoms with E-state index in [4.69, 9.17) is 16.3 Å². The summed E-state index contributed by atoms with van der Waals surface area (Å²) in [5, 5.41) is 14.8. The number of nitrogens with zero attached hydrogens (tertiary/aromatic N) is 1. The maximum atomic E-state index is 13.3. The first-order chi connectivity index (χ1) is 15.1. The van der Waals surface area contributed by atoms with Crippen LogP contribution in [0.5, 0.6) is 0 Å². The van der Waals surface area contributed by atoms with E-state index in [-0.39, 0.29) is 28.5 Å². The van der Waals surface area contributed by atoms with Crippen LogP contribution in [0.25, 0.3) is 0 Å². The molecule has 3 rings (SSSR count). The monoisotopic (exact) mass is 478 g/mol. The number of hydrogen-bond acceptors (Lipinski definition) is 7. The van der Waals surface area contributed by atoms with E-state index in [0.29, 0.717) is 41.0 Å². The Labute approximate surface area is 196 Å². The normalized spacial score (nSPS) is 20.0. The highest BCUT2D eigenvalue weighted by molar-refractivity contribution is 7.99. The number of ketones is 1. The van der Waals surface area contributed by atoms with E-state index < -0.39 is 16.8 Å². The average molecular weight is 479 g/mol. The minimum absolute atomic E-state index is 0.000546. The molecule has 9 heteroatoms. The lowest BCUT2D eigenvalue weighted by Crippen LogP contribution is -2.38. The number of carbonyl (C=O) groups is 2. The van der Waals surface area contributed by atoms with Crippen LogP contribution >= 0.6 is 23.4 Å². The molecule has 1 aromatic carbocycles. The van der Waals surface area contributed by atoms with Crippen LogP contribution in [-0.4, -0.2) is 34.8 Å². The summed E-state index contributed by atoms with van der Waals surface area (Å²) in [6, 6.07) is 4.42. The maximum Gasteiger partial charge on any atom is 0.336 e. The van der Waals surface area contributed by atoms with E-state index in [1.165, 1.54) is 12.1 Å². The number of rotatable bonds is 7. The molecule has 1 heterocycles. The van der Waals surface area contributed by atoms with Gasteiger partial charge in [-0.3, -0.25) is 14.9 Å². The molecule has 1 aromatic rings. The molecule has 0 bridgehead atoms. The van der Waals surface area contributed by atoms with Crippen LogP contribution in [0.3, 0.4) is 0 Å². The first-order valence-electron chi connectivity index (χ1n) is 10.5. The molecule has 0 spiro atoms. The first kappa shape index (κ1) is 24.3. The molecular formula is C23H27ClN2O5S. The Morgan fingerprint density at radius 2 is 2.09 bits per heavy atom. The summed E-state index contributed by atoms with van der Waals surface area (Å²) >= 11 is 7.68. The number of nitrogens with one attached hydrogen (secondary N) is 1. The molecule has 0 amide bonds. The van der Waals surface area contributed by atoms with Gasteiger partial charge in [-0.2, -0.15) is 11.8 Å². The van der Waals surface area contributed by atoms with Crippen LogP contribution in [0, 0.1) is 15.5 Å². The van der Waals surface area contributed by atoms with Gasteiger partial charge in [-0.05, 0) is 36.1 Å². The van der Waals surface area contributed by atoms with E-state index in [0.717, 1.165) is 11.4 Å². The fourth-order valence-electron chi connectivity index (χ4n) is 4.30. The molecular weight excluding hydrogens is 452 g/mol. The summed E-state index contributed by atoms with van der Waals surface area (Å²) in [4.78, 5) is 37.3. The molecule has 0 saturated heterocycles. The molecule has 1 atom stereocenters. The van der Waals surface area contributed by atoms with Crippen molar-refractivity contribution in [2.45, 2.75) is 46.5 Å². The fraction of sp³-hybridized carbons (Fsp3) is 0.478. The quantitative estimate of drug-likeness (QED) is 0.250. The lowest BCUT2D eigenvalue weighted by molar-refractivity contribution is -0.384. The minimum atomic E-state index is -0.753. The molecule has 0 unspecified atom stereocenters. The number of allylic oxidation sites excluding steroid dienone is 3. The van der Waals surface area contributed by atoms with Crippen molar-refractivity contribution in [3.8, 4) is 0 Å². The van der Waals surface area contributed by atoms with Crippen LogP contribution in [0.2, 0.25) is 5.02 Å². The second kappa shape index (κ2) is 9.67. The van der Waals surface area contributed by atoms with Gasteiger partial charge in [-0.15, -0.1) is 0 Å². The van der Waals surface area contributed by atoms with Gasteiger partial charge in [0.25, 0.3) is 5.69 Å². The van der Waals surface area contributed by atoms with Crippen molar-refractivity contribution in [2.24, 2.45) is 5.41 Å². The average Bonchev–Trinajstić information content (AvgIpc) is 2.69. The topological polar surface area (TPSA) is 98.5 Å². The number of hydrogen-bond donors (Lipinski definition) is 1. The van der Waals surface area contributed by atoms with E-state index in [9.17, 15) is 19.7 Å². The number of nitro groups is 1. The third-order valence-corrected chi connectivity index (χ3v) is 6.81. The lowest BCUT2D eigenvalue weighted by Gasteiger charge is -2.39. The standard InChI is InChI=1S/C23H27ClN2O5S/c1-5-32-9-8-31-22(28)19-13(2)25-16-11-23(3,4)12-18(27)21(16)20(19)14-6-7-15(24)17(10-14)26(29)30/h6-7,10,20,25H,5,8-9,11-12H2,1-4H3/t20-/m1/s1. The van der Waals surface area contributed by atoms with E-state index in [1.807, 2.05) is 20.8 Å². The van der Waals surface area contributed by atoms with Crippen LogP contribution in [0.1, 0.15) is 52.0 Å². The highest BCUT2D eigenvalue weighted by Crippen LogP contribution is 2.47. The Hall–Kier alpha value is -2.32. The molecule has 1 aliphatic carbocycles. The maximum absolute atomic E-state index is 13.3. The van der Waals surface area contributed by atoms with Gasteiger partial charge >= 0.3 is 5.97 Å². The molecule has 1 N–H and O–H groups in total. The van der Waals surface area contributed by atoms with Crippen molar-refractivity contribution in [1.29, 1.82) is 0 Å². The molecule has 7 nitrogen and oxygen atoms in total. The first-order valence-corrected chi connectivity index (χ1v) is 12.0. The summed E-state index contributed by atoms with van der Waals surface area (Å²) in [6.45, 7) is 8.08. The van der Waals surface area contributed by atoms with Crippen molar-refractivity contribution in [3.63, 3.8) is 0 Å². The largest absolute Gasteiger partial charge is 0.461 e. The van der Waals surface area contributed by atoms with Crippen LogP contribution in [0.4, 0.5) is 5.69 Å². The lowest BCUT2D eigenvalue weighted by atomic mass is 9.68.